The Balaban J connectivity index is 1.60. The Morgan fingerprint density at radius 1 is 1.25 bits per heavy atom. The van der Waals surface area contributed by atoms with Crippen molar-refractivity contribution < 1.29 is 29.6 Å². The molecular formula is C19H20FNO3. The highest BCUT2D eigenvalue weighted by Crippen LogP contribution is 2.36. The molecule has 2 aliphatic rings. The summed E-state index contributed by atoms with van der Waals surface area (Å²) < 4.78 is 92.9. The van der Waals surface area contributed by atoms with Crippen LogP contribution < -0.4 is 19.5 Å². The summed E-state index contributed by atoms with van der Waals surface area (Å²) in [4.78, 5) is 0. The monoisotopic (exact) mass is 337 g/mol. The van der Waals surface area contributed by atoms with Crippen LogP contribution >= 0.6 is 0 Å². The fraction of sp³-hybridized carbons (Fsp3) is 0.368. The summed E-state index contributed by atoms with van der Waals surface area (Å²) in [6, 6.07) is 1.88. The minimum atomic E-state index is -2.27. The third-order valence-electron chi connectivity index (χ3n) is 4.05. The molecule has 0 aromatic heterocycles. The van der Waals surface area contributed by atoms with Gasteiger partial charge >= 0.3 is 0 Å². The van der Waals surface area contributed by atoms with E-state index < -0.39 is 55.1 Å². The maximum Gasteiger partial charge on any atom is 0.231 e. The second-order valence-corrected chi connectivity index (χ2v) is 5.56. The van der Waals surface area contributed by atoms with Gasteiger partial charge in [0.2, 0.25) is 6.75 Å². The summed E-state index contributed by atoms with van der Waals surface area (Å²) in [5, 5.41) is 2.75. The van der Waals surface area contributed by atoms with Gasteiger partial charge in [-0.2, -0.15) is 0 Å². The Morgan fingerprint density at radius 3 is 2.96 bits per heavy atom. The number of fused-ring (bicyclic) bond motifs is 1. The summed E-state index contributed by atoms with van der Waals surface area (Å²) in [5.74, 6) is -1.72. The van der Waals surface area contributed by atoms with Crippen molar-refractivity contribution in [3.8, 4) is 17.2 Å². The molecule has 1 unspecified atom stereocenters. The van der Waals surface area contributed by atoms with Gasteiger partial charge in [0.1, 0.15) is 14.3 Å². The highest BCUT2D eigenvalue weighted by Gasteiger charge is 2.27. The van der Waals surface area contributed by atoms with Crippen LogP contribution in [-0.2, 0) is 0 Å². The van der Waals surface area contributed by atoms with Gasteiger partial charge in [0.05, 0.1) is 12.1 Å². The van der Waals surface area contributed by atoms with E-state index in [1.165, 1.54) is 12.1 Å². The lowest BCUT2D eigenvalue weighted by Crippen LogP contribution is -2.38. The Labute approximate surface area is 151 Å². The number of halogens is 1. The van der Waals surface area contributed by atoms with Gasteiger partial charge in [-0.15, -0.1) is 0 Å². The molecule has 2 heterocycles. The number of hydrogen-bond donors (Lipinski definition) is 1. The van der Waals surface area contributed by atoms with E-state index in [1.807, 2.05) is 0 Å². The molecule has 24 heavy (non-hydrogen) atoms. The summed E-state index contributed by atoms with van der Waals surface area (Å²) in [6.07, 6.45) is -0.148. The molecule has 0 bridgehead atoms. The molecule has 0 saturated carbocycles. The van der Waals surface area contributed by atoms with Crippen molar-refractivity contribution in [1.29, 1.82) is 0 Å². The van der Waals surface area contributed by atoms with E-state index in [0.29, 0.717) is 5.75 Å². The van der Waals surface area contributed by atoms with Crippen molar-refractivity contribution in [2.24, 2.45) is 5.92 Å². The summed E-state index contributed by atoms with van der Waals surface area (Å²) in [6.45, 7) is -3.94. The molecule has 0 spiro atoms. The van der Waals surface area contributed by atoms with Gasteiger partial charge in [-0.1, -0.05) is 12.1 Å². The fourth-order valence-electron chi connectivity index (χ4n) is 2.76. The molecule has 4 rings (SSSR count). The first-order chi connectivity index (χ1) is 14.9. The van der Waals surface area contributed by atoms with E-state index in [2.05, 4.69) is 5.32 Å². The molecule has 1 N–H and O–H groups in total. The van der Waals surface area contributed by atoms with Gasteiger partial charge in [0.15, 0.2) is 11.5 Å². The van der Waals surface area contributed by atoms with Gasteiger partial charge in [-0.3, -0.25) is 0 Å². The Hall–Kier alpha value is -2.27. The molecule has 0 aliphatic carbocycles. The van der Waals surface area contributed by atoms with E-state index in [4.69, 9.17) is 25.2 Å². The predicted molar refractivity (Wildman–Crippen MR) is 88.2 cm³/mol. The smallest absolute Gasteiger partial charge is 0.231 e. The lowest BCUT2D eigenvalue weighted by atomic mass is 9.81. The number of hydrogen-bond acceptors (Lipinski definition) is 4. The third-order valence-corrected chi connectivity index (χ3v) is 4.05. The molecule has 2 atom stereocenters. The van der Waals surface area contributed by atoms with Crippen LogP contribution in [0.2, 0.25) is 0 Å². The number of benzene rings is 2. The van der Waals surface area contributed by atoms with Crippen LogP contribution in [0.3, 0.4) is 0 Å². The Bertz CT molecular complexity index is 1040. The Morgan fingerprint density at radius 2 is 2.08 bits per heavy atom. The first-order valence-corrected chi connectivity index (χ1v) is 7.54. The van der Waals surface area contributed by atoms with Crippen molar-refractivity contribution in [2.75, 3.05) is 26.4 Å². The van der Waals surface area contributed by atoms with Crippen LogP contribution in [0.5, 0.6) is 17.2 Å². The maximum absolute atomic E-state index is 14.0. The first-order valence-electron chi connectivity index (χ1n) is 11.5. The normalized spacial score (nSPS) is 31.4. The molecule has 5 heteroatoms. The molecule has 1 fully saturated rings. The number of nitrogens with one attached hydrogen (secondary N) is 1. The number of ether oxygens (including phenoxy) is 3. The average molecular weight is 337 g/mol. The van der Waals surface area contributed by atoms with Crippen LogP contribution in [0.4, 0.5) is 4.39 Å². The predicted octanol–water partition coefficient (Wildman–Crippen LogP) is 3.33. The first kappa shape index (κ1) is 8.72. The molecule has 0 amide bonds. The lowest BCUT2D eigenvalue weighted by Gasteiger charge is -2.32. The third kappa shape index (κ3) is 3.17. The quantitative estimate of drug-likeness (QED) is 0.929. The second kappa shape index (κ2) is 6.69. The zero-order chi connectivity index (χ0) is 23.4. The molecule has 1 saturated heterocycles. The van der Waals surface area contributed by atoms with E-state index >= 15 is 0 Å². The summed E-state index contributed by atoms with van der Waals surface area (Å²) in [7, 11) is 0. The molecule has 2 aromatic rings. The van der Waals surface area contributed by atoms with E-state index in [9.17, 15) is 4.39 Å². The van der Waals surface area contributed by atoms with E-state index in [0.717, 1.165) is 0 Å². The highest BCUT2D eigenvalue weighted by atomic mass is 19.1. The molecule has 126 valence electrons. The van der Waals surface area contributed by atoms with Crippen molar-refractivity contribution in [2.45, 2.75) is 12.3 Å². The van der Waals surface area contributed by atoms with Gasteiger partial charge in [0, 0.05) is 21.3 Å². The number of piperidine rings is 1. The van der Waals surface area contributed by atoms with Crippen LogP contribution in [-0.4, -0.2) is 26.4 Å². The maximum atomic E-state index is 14.0. The van der Waals surface area contributed by atoms with Gasteiger partial charge in [-0.05, 0) is 48.6 Å². The second-order valence-electron chi connectivity index (χ2n) is 5.56. The van der Waals surface area contributed by atoms with Crippen LogP contribution in [0, 0.1) is 11.7 Å². The topological polar surface area (TPSA) is 39.7 Å². The molecule has 2 aliphatic heterocycles. The van der Waals surface area contributed by atoms with Crippen molar-refractivity contribution in [1.82, 2.24) is 5.32 Å². The average Bonchev–Trinajstić information content (AvgIpc) is 3.03. The highest BCUT2D eigenvalue weighted by molar-refractivity contribution is 5.46. The molecule has 4 nitrogen and oxygen atoms in total. The van der Waals surface area contributed by atoms with Crippen LogP contribution in [0.25, 0.3) is 0 Å². The molecular weight excluding hydrogens is 309 g/mol. The fourth-order valence-corrected chi connectivity index (χ4v) is 2.76. The molecule has 0 radical (unpaired) electrons. The minimum Gasteiger partial charge on any atom is -0.493 e. The van der Waals surface area contributed by atoms with Gasteiger partial charge in [-0.25, -0.2) is 4.39 Å². The largest absolute Gasteiger partial charge is 0.493 e. The SMILES string of the molecule is [2H]c1c([2H])c(C2CC([2H])([2H])NC[C@H]2COc2ccc3c(c2)OC([2H])([2H])O3)c([2H])c([2H])c1F. The number of rotatable bonds is 4. The zero-order valence-electron chi connectivity index (χ0n) is 20.6. The van der Waals surface area contributed by atoms with Crippen LogP contribution in [0.1, 0.15) is 28.9 Å². The van der Waals surface area contributed by atoms with E-state index in [1.54, 1.807) is 6.07 Å². The van der Waals surface area contributed by atoms with Crippen molar-refractivity contribution in [3.63, 3.8) is 0 Å². The molecule has 2 aromatic carbocycles. The van der Waals surface area contributed by atoms with Crippen LogP contribution in [0.15, 0.2) is 42.4 Å². The Kier molecular flexibility index (Phi) is 2.43. The standard InChI is InChI=1S/C19H20FNO3/c20-15-3-1-13(2-4-15)17-7-8-21-10-14(17)11-22-16-5-6-18-19(9-16)24-12-23-18/h1-6,9,14,17,21H,7-8,10-12H2/t14-,17?/m0/s1/i1D,2D,3D,4D,8D2,12D2. The minimum absolute atomic E-state index is 0.0250. The van der Waals surface area contributed by atoms with Gasteiger partial charge in [0.25, 0.3) is 0 Å². The summed E-state index contributed by atoms with van der Waals surface area (Å²) >= 11 is 0. The zero-order valence-corrected chi connectivity index (χ0v) is 12.6. The van der Waals surface area contributed by atoms with Crippen molar-refractivity contribution in [3.05, 3.63) is 53.7 Å². The lowest BCUT2D eigenvalue weighted by molar-refractivity contribution is 0.173. The van der Waals surface area contributed by atoms with E-state index in [-0.39, 0.29) is 36.6 Å². The van der Waals surface area contributed by atoms with Crippen molar-refractivity contribution >= 4 is 0 Å². The summed E-state index contributed by atoms with van der Waals surface area (Å²) in [5.41, 5.74) is -0.0424. The van der Waals surface area contributed by atoms with Gasteiger partial charge < -0.3 is 19.5 Å².